The van der Waals surface area contributed by atoms with E-state index >= 15 is 0 Å². The summed E-state index contributed by atoms with van der Waals surface area (Å²) < 4.78 is 5.54. The van der Waals surface area contributed by atoms with Crippen LogP contribution in [0.5, 0.6) is 0 Å². The van der Waals surface area contributed by atoms with Gasteiger partial charge in [-0.25, -0.2) is 14.6 Å². The van der Waals surface area contributed by atoms with E-state index < -0.39 is 18.1 Å². The van der Waals surface area contributed by atoms with Gasteiger partial charge >= 0.3 is 12.1 Å². The average Bonchev–Trinajstić information content (AvgIpc) is 3.51. The number of nitrogens with one attached hydrogen (secondary N) is 2. The molecule has 1 amide bonds. The van der Waals surface area contributed by atoms with Crippen LogP contribution in [0.15, 0.2) is 97.3 Å². The number of alkyl carbamates (subject to hydrolysis) is 1. The lowest BCUT2D eigenvalue weighted by atomic mass is 9.98. The number of aromatic amines is 1. The van der Waals surface area contributed by atoms with E-state index in [1.807, 2.05) is 79.0 Å². The normalized spacial score (nSPS) is 13.1. The number of fused-ring (bicyclic) bond motifs is 4. The number of aromatic nitrogens is 2. The summed E-state index contributed by atoms with van der Waals surface area (Å²) in [5.74, 6) is -1.21. The highest BCUT2D eigenvalue weighted by Gasteiger charge is 2.29. The molecule has 3 aromatic carbocycles. The van der Waals surface area contributed by atoms with Gasteiger partial charge in [0.25, 0.3) is 0 Å². The first kappa shape index (κ1) is 23.5. The summed E-state index contributed by atoms with van der Waals surface area (Å²) in [5, 5.41) is 13.3. The van der Waals surface area contributed by atoms with Gasteiger partial charge in [0.1, 0.15) is 18.3 Å². The molecule has 0 aliphatic heterocycles. The number of H-pyrrole nitrogens is 1. The lowest BCUT2D eigenvalue weighted by Crippen LogP contribution is -2.42. The molecule has 38 heavy (non-hydrogen) atoms. The molecule has 2 heterocycles. The van der Waals surface area contributed by atoms with E-state index in [4.69, 9.17) is 4.74 Å². The zero-order chi connectivity index (χ0) is 26.1. The maximum absolute atomic E-state index is 12.7. The van der Waals surface area contributed by atoms with Gasteiger partial charge < -0.3 is 20.1 Å². The second-order valence-corrected chi connectivity index (χ2v) is 9.36. The molecular weight excluding hydrogens is 478 g/mol. The molecule has 5 aromatic rings. The Morgan fingerprint density at radius 1 is 0.895 bits per heavy atom. The van der Waals surface area contributed by atoms with Crippen LogP contribution >= 0.6 is 0 Å². The number of carboxylic acids is 1. The number of carboxylic acid groups (broad SMARTS) is 1. The summed E-state index contributed by atoms with van der Waals surface area (Å²) in [5.41, 5.74) is 8.07. The fourth-order valence-electron chi connectivity index (χ4n) is 5.23. The van der Waals surface area contributed by atoms with E-state index in [1.165, 1.54) is 0 Å². The van der Waals surface area contributed by atoms with Gasteiger partial charge in [-0.05, 0) is 45.5 Å². The molecule has 0 spiro atoms. The van der Waals surface area contributed by atoms with Crippen LogP contribution in [0.1, 0.15) is 22.6 Å². The van der Waals surface area contributed by atoms with Gasteiger partial charge in [-0.2, -0.15) is 0 Å². The van der Waals surface area contributed by atoms with Crippen molar-refractivity contribution < 1.29 is 19.4 Å². The van der Waals surface area contributed by atoms with Gasteiger partial charge in [0.15, 0.2) is 0 Å². The van der Waals surface area contributed by atoms with Crippen molar-refractivity contribution in [1.82, 2.24) is 15.3 Å². The highest BCUT2D eigenvalue weighted by Crippen LogP contribution is 2.44. The molecule has 6 rings (SSSR count). The lowest BCUT2D eigenvalue weighted by molar-refractivity contribution is -0.139. The van der Waals surface area contributed by atoms with Crippen LogP contribution in [0.4, 0.5) is 4.79 Å². The third kappa shape index (κ3) is 4.39. The number of carbonyl (C=O) groups is 2. The third-order valence-electron chi connectivity index (χ3n) is 7.09. The fourth-order valence-corrected chi connectivity index (χ4v) is 5.23. The maximum Gasteiger partial charge on any atom is 0.407 e. The quantitative estimate of drug-likeness (QED) is 0.262. The number of aliphatic carboxylic acids is 1. The van der Waals surface area contributed by atoms with Crippen molar-refractivity contribution in [3.63, 3.8) is 0 Å². The minimum absolute atomic E-state index is 0.0938. The topological polar surface area (TPSA) is 104 Å². The highest BCUT2D eigenvalue weighted by molar-refractivity contribution is 5.93. The third-order valence-corrected chi connectivity index (χ3v) is 7.09. The Kier molecular flexibility index (Phi) is 6.09. The monoisotopic (exact) mass is 503 g/mol. The molecule has 0 saturated carbocycles. The van der Waals surface area contributed by atoms with E-state index in [0.29, 0.717) is 0 Å². The van der Waals surface area contributed by atoms with Crippen LogP contribution in [0, 0.1) is 0 Å². The number of carbonyl (C=O) groups excluding carboxylic acids is 1. The maximum atomic E-state index is 12.7. The molecule has 0 saturated heterocycles. The molecule has 0 radical (unpaired) electrons. The van der Waals surface area contributed by atoms with Gasteiger partial charge in [-0.3, -0.25) is 0 Å². The Morgan fingerprint density at radius 3 is 2.26 bits per heavy atom. The van der Waals surface area contributed by atoms with E-state index in [-0.39, 0.29) is 18.9 Å². The smallest absolute Gasteiger partial charge is 0.407 e. The number of benzene rings is 3. The Labute approximate surface area is 219 Å². The van der Waals surface area contributed by atoms with E-state index in [0.717, 1.165) is 50.0 Å². The van der Waals surface area contributed by atoms with Crippen molar-refractivity contribution >= 4 is 23.1 Å². The molecule has 1 aliphatic rings. The van der Waals surface area contributed by atoms with Crippen LogP contribution in [0.25, 0.3) is 33.3 Å². The van der Waals surface area contributed by atoms with E-state index in [9.17, 15) is 14.7 Å². The molecular formula is C31H25N3O4. The predicted molar refractivity (Wildman–Crippen MR) is 145 cm³/mol. The summed E-state index contributed by atoms with van der Waals surface area (Å²) in [6, 6.07) is 26.5. The zero-order valence-electron chi connectivity index (χ0n) is 20.4. The Bertz CT molecular complexity index is 1600. The van der Waals surface area contributed by atoms with Crippen molar-refractivity contribution in [2.45, 2.75) is 18.4 Å². The van der Waals surface area contributed by atoms with Crippen molar-refractivity contribution in [1.29, 1.82) is 0 Å². The van der Waals surface area contributed by atoms with Gasteiger partial charge in [-0.1, -0.05) is 72.8 Å². The van der Waals surface area contributed by atoms with Crippen LogP contribution in [-0.2, 0) is 16.0 Å². The van der Waals surface area contributed by atoms with Crippen LogP contribution in [0.3, 0.4) is 0 Å². The van der Waals surface area contributed by atoms with Gasteiger partial charge in [0.2, 0.25) is 0 Å². The van der Waals surface area contributed by atoms with Crippen molar-refractivity contribution in [3.05, 3.63) is 114 Å². The zero-order valence-corrected chi connectivity index (χ0v) is 20.4. The fraction of sp³-hybridized carbons (Fsp3) is 0.129. The number of hydrogen-bond donors (Lipinski definition) is 3. The van der Waals surface area contributed by atoms with E-state index in [2.05, 4.69) is 27.4 Å². The van der Waals surface area contributed by atoms with Gasteiger partial charge in [0, 0.05) is 35.7 Å². The van der Waals surface area contributed by atoms with Crippen LogP contribution < -0.4 is 5.32 Å². The standard InChI is InChI=1S/C31H25N3O4/c35-30(36)28(16-19-11-13-20(14-12-19)26-17-33-29-25(26)10-5-15-32-29)34-31(37)38-18-27-23-8-3-1-6-21(23)22-7-2-4-9-24(22)27/h1-15,17,27-28H,16,18H2,(H,32,33)(H,34,37)(H,35,36)/t28-/m0/s1. The number of nitrogens with zero attached hydrogens (tertiary/aromatic N) is 1. The van der Waals surface area contributed by atoms with Gasteiger partial charge in [0.05, 0.1) is 0 Å². The van der Waals surface area contributed by atoms with Crippen molar-refractivity contribution in [2.75, 3.05) is 6.61 Å². The number of ether oxygens (including phenoxy) is 1. The second-order valence-electron chi connectivity index (χ2n) is 9.36. The van der Waals surface area contributed by atoms with Gasteiger partial charge in [-0.15, -0.1) is 0 Å². The number of amides is 1. The summed E-state index contributed by atoms with van der Waals surface area (Å²) in [6.07, 6.45) is 3.03. The summed E-state index contributed by atoms with van der Waals surface area (Å²) in [7, 11) is 0. The van der Waals surface area contributed by atoms with E-state index in [1.54, 1.807) is 6.20 Å². The molecule has 0 unspecified atom stereocenters. The summed E-state index contributed by atoms with van der Waals surface area (Å²) in [6.45, 7) is 0.125. The minimum atomic E-state index is -1.12. The summed E-state index contributed by atoms with van der Waals surface area (Å²) in [4.78, 5) is 32.1. The summed E-state index contributed by atoms with van der Waals surface area (Å²) >= 11 is 0. The Hall–Kier alpha value is -4.91. The highest BCUT2D eigenvalue weighted by atomic mass is 16.5. The molecule has 1 aliphatic carbocycles. The predicted octanol–water partition coefficient (Wildman–Crippen LogP) is 5.76. The van der Waals surface area contributed by atoms with Crippen LogP contribution in [0.2, 0.25) is 0 Å². The van der Waals surface area contributed by atoms with Crippen molar-refractivity contribution in [2.24, 2.45) is 0 Å². The number of pyridine rings is 1. The van der Waals surface area contributed by atoms with Crippen LogP contribution in [-0.4, -0.2) is 39.8 Å². The first-order valence-electron chi connectivity index (χ1n) is 12.4. The lowest BCUT2D eigenvalue weighted by Gasteiger charge is -2.17. The number of rotatable bonds is 7. The molecule has 1 atom stereocenters. The second kappa shape index (κ2) is 9.86. The molecule has 7 nitrogen and oxygen atoms in total. The SMILES string of the molecule is O=C(N[C@@H](Cc1ccc(-c2c[nH]c3ncccc23)cc1)C(=O)O)OCC1c2ccccc2-c2ccccc21. The molecule has 2 aromatic heterocycles. The minimum Gasteiger partial charge on any atom is -0.480 e. The molecule has 0 fully saturated rings. The number of hydrogen-bond acceptors (Lipinski definition) is 4. The molecule has 3 N–H and O–H groups in total. The molecule has 0 bridgehead atoms. The Balaban J connectivity index is 1.11. The molecule has 7 heteroatoms. The largest absolute Gasteiger partial charge is 0.480 e. The average molecular weight is 504 g/mol. The molecule has 188 valence electrons. The first-order valence-corrected chi connectivity index (χ1v) is 12.4. The Morgan fingerprint density at radius 2 is 1.58 bits per heavy atom. The first-order chi connectivity index (χ1) is 18.6. The van der Waals surface area contributed by atoms with Crippen molar-refractivity contribution in [3.8, 4) is 22.3 Å².